The SMILES string of the molecule is CCCC[C@@H](CC)C(=O)N1CCCC[C@H]1c1nc(-c2ccc(C)cc2)no1. The van der Waals surface area contributed by atoms with Gasteiger partial charge in [-0.25, -0.2) is 0 Å². The molecule has 2 aromatic rings. The van der Waals surface area contributed by atoms with Crippen LogP contribution in [0.2, 0.25) is 0 Å². The number of benzene rings is 1. The molecule has 1 saturated heterocycles. The van der Waals surface area contributed by atoms with Gasteiger partial charge >= 0.3 is 0 Å². The number of likely N-dealkylation sites (tertiary alicyclic amines) is 1. The summed E-state index contributed by atoms with van der Waals surface area (Å²) in [5.74, 6) is 1.53. The number of carbonyl (C=O) groups is 1. The van der Waals surface area contributed by atoms with E-state index in [1.165, 1.54) is 5.56 Å². The first-order valence-corrected chi connectivity index (χ1v) is 10.3. The van der Waals surface area contributed by atoms with Gasteiger partial charge in [0.15, 0.2) is 0 Å². The summed E-state index contributed by atoms with van der Waals surface area (Å²) in [5, 5.41) is 4.18. The molecule has 5 nitrogen and oxygen atoms in total. The zero-order chi connectivity index (χ0) is 19.2. The van der Waals surface area contributed by atoms with Gasteiger partial charge in [-0.3, -0.25) is 4.79 Å². The Hall–Kier alpha value is -2.17. The molecule has 1 amide bonds. The van der Waals surface area contributed by atoms with Gasteiger partial charge in [-0.1, -0.05) is 61.7 Å². The van der Waals surface area contributed by atoms with Crippen molar-refractivity contribution in [3.05, 3.63) is 35.7 Å². The maximum Gasteiger partial charge on any atom is 0.249 e. The molecule has 27 heavy (non-hydrogen) atoms. The number of piperidine rings is 1. The van der Waals surface area contributed by atoms with Crippen molar-refractivity contribution in [3.8, 4) is 11.4 Å². The first-order chi connectivity index (χ1) is 13.1. The molecule has 1 aliphatic heterocycles. The predicted octanol–water partition coefficient (Wildman–Crippen LogP) is 5.32. The van der Waals surface area contributed by atoms with Crippen LogP contribution in [0.25, 0.3) is 11.4 Å². The van der Waals surface area contributed by atoms with E-state index < -0.39 is 0 Å². The van der Waals surface area contributed by atoms with E-state index in [4.69, 9.17) is 4.52 Å². The predicted molar refractivity (Wildman–Crippen MR) is 106 cm³/mol. The minimum Gasteiger partial charge on any atom is -0.337 e. The molecule has 0 bridgehead atoms. The molecule has 0 N–H and O–H groups in total. The van der Waals surface area contributed by atoms with Crippen molar-refractivity contribution in [2.75, 3.05) is 6.54 Å². The van der Waals surface area contributed by atoms with Crippen LogP contribution in [0, 0.1) is 12.8 Å². The van der Waals surface area contributed by atoms with Crippen LogP contribution in [0.5, 0.6) is 0 Å². The zero-order valence-corrected chi connectivity index (χ0v) is 16.8. The fourth-order valence-corrected chi connectivity index (χ4v) is 3.83. The molecule has 1 fully saturated rings. The number of rotatable bonds is 7. The summed E-state index contributed by atoms with van der Waals surface area (Å²) in [6.07, 6.45) is 7.10. The van der Waals surface area contributed by atoms with Crippen LogP contribution in [0.15, 0.2) is 28.8 Å². The van der Waals surface area contributed by atoms with E-state index in [2.05, 4.69) is 30.9 Å². The van der Waals surface area contributed by atoms with Gasteiger partial charge in [0, 0.05) is 18.0 Å². The number of amides is 1. The van der Waals surface area contributed by atoms with E-state index in [1.807, 2.05) is 29.2 Å². The molecule has 5 heteroatoms. The standard InChI is InChI=1S/C22H31N3O2/c1-4-6-9-17(5-2)22(26)25-15-8-7-10-19(25)21-23-20(24-27-21)18-13-11-16(3)12-14-18/h11-14,17,19H,4-10,15H2,1-3H3/t17-,19+/m1/s1. The first kappa shape index (κ1) is 19.6. The van der Waals surface area contributed by atoms with E-state index in [-0.39, 0.29) is 17.9 Å². The van der Waals surface area contributed by atoms with Crippen LogP contribution in [-0.2, 0) is 4.79 Å². The number of hydrogen-bond acceptors (Lipinski definition) is 4. The van der Waals surface area contributed by atoms with Crippen LogP contribution in [-0.4, -0.2) is 27.5 Å². The Labute approximate surface area is 162 Å². The Bertz CT molecular complexity index is 738. The second kappa shape index (κ2) is 9.16. The molecule has 1 aromatic carbocycles. The van der Waals surface area contributed by atoms with Crippen LogP contribution in [0.4, 0.5) is 0 Å². The summed E-state index contributed by atoms with van der Waals surface area (Å²) in [6, 6.07) is 8.01. The van der Waals surface area contributed by atoms with Gasteiger partial charge in [-0.15, -0.1) is 0 Å². The molecule has 0 saturated carbocycles. The van der Waals surface area contributed by atoms with Crippen molar-refractivity contribution in [2.45, 2.75) is 71.8 Å². The number of aromatic nitrogens is 2. The third kappa shape index (κ3) is 4.57. The average Bonchev–Trinajstić information content (AvgIpc) is 3.19. The van der Waals surface area contributed by atoms with Crippen LogP contribution in [0.1, 0.15) is 76.3 Å². The van der Waals surface area contributed by atoms with Crippen LogP contribution >= 0.6 is 0 Å². The summed E-state index contributed by atoms with van der Waals surface area (Å²) < 4.78 is 5.61. The summed E-state index contributed by atoms with van der Waals surface area (Å²) in [4.78, 5) is 19.8. The second-order valence-electron chi connectivity index (χ2n) is 7.61. The minimum atomic E-state index is -0.0892. The van der Waals surface area contributed by atoms with Gasteiger partial charge in [0.1, 0.15) is 6.04 Å². The average molecular weight is 370 g/mol. The van der Waals surface area contributed by atoms with Crippen LogP contribution < -0.4 is 0 Å². The molecule has 0 radical (unpaired) electrons. The fraction of sp³-hybridized carbons (Fsp3) is 0.591. The van der Waals surface area contributed by atoms with Crippen molar-refractivity contribution in [3.63, 3.8) is 0 Å². The maximum atomic E-state index is 13.2. The highest BCUT2D eigenvalue weighted by Gasteiger charge is 2.34. The van der Waals surface area contributed by atoms with Gasteiger partial charge in [-0.2, -0.15) is 4.98 Å². The van der Waals surface area contributed by atoms with Crippen molar-refractivity contribution < 1.29 is 9.32 Å². The Kier molecular flexibility index (Phi) is 6.64. The van der Waals surface area contributed by atoms with Gasteiger partial charge in [0.25, 0.3) is 0 Å². The Morgan fingerprint density at radius 1 is 1.26 bits per heavy atom. The highest BCUT2D eigenvalue weighted by atomic mass is 16.5. The summed E-state index contributed by atoms with van der Waals surface area (Å²) in [5.41, 5.74) is 2.14. The summed E-state index contributed by atoms with van der Waals surface area (Å²) in [6.45, 7) is 7.12. The minimum absolute atomic E-state index is 0.0892. The zero-order valence-electron chi connectivity index (χ0n) is 16.8. The van der Waals surface area contributed by atoms with Gasteiger partial charge < -0.3 is 9.42 Å². The van der Waals surface area contributed by atoms with Crippen molar-refractivity contribution >= 4 is 5.91 Å². The lowest BCUT2D eigenvalue weighted by Gasteiger charge is -2.35. The second-order valence-corrected chi connectivity index (χ2v) is 7.61. The molecule has 0 unspecified atom stereocenters. The van der Waals surface area contributed by atoms with Gasteiger partial charge in [0.05, 0.1) is 0 Å². The number of hydrogen-bond donors (Lipinski definition) is 0. The monoisotopic (exact) mass is 369 g/mol. The Balaban J connectivity index is 1.79. The van der Waals surface area contributed by atoms with E-state index in [0.717, 1.165) is 57.1 Å². The quantitative estimate of drug-likeness (QED) is 0.663. The lowest BCUT2D eigenvalue weighted by atomic mass is 9.94. The Morgan fingerprint density at radius 2 is 2.04 bits per heavy atom. The molecule has 146 valence electrons. The van der Waals surface area contributed by atoms with Gasteiger partial charge in [0.2, 0.25) is 17.6 Å². The van der Waals surface area contributed by atoms with E-state index in [9.17, 15) is 4.79 Å². The lowest BCUT2D eigenvalue weighted by Crippen LogP contribution is -2.42. The molecule has 1 aliphatic rings. The third-order valence-corrected chi connectivity index (χ3v) is 5.57. The van der Waals surface area contributed by atoms with E-state index in [1.54, 1.807) is 0 Å². The lowest BCUT2D eigenvalue weighted by molar-refractivity contribution is -0.140. The number of aryl methyl sites for hydroxylation is 1. The summed E-state index contributed by atoms with van der Waals surface area (Å²) >= 11 is 0. The highest BCUT2D eigenvalue weighted by Crippen LogP contribution is 2.33. The first-order valence-electron chi connectivity index (χ1n) is 10.3. The molecular formula is C22H31N3O2. The number of nitrogens with zero attached hydrogens (tertiary/aromatic N) is 3. The number of unbranched alkanes of at least 4 members (excludes halogenated alkanes) is 1. The Morgan fingerprint density at radius 3 is 2.74 bits per heavy atom. The molecular weight excluding hydrogens is 338 g/mol. The molecule has 1 aromatic heterocycles. The van der Waals surface area contributed by atoms with Crippen molar-refractivity contribution in [1.82, 2.24) is 15.0 Å². The van der Waals surface area contributed by atoms with Crippen LogP contribution in [0.3, 0.4) is 0 Å². The van der Waals surface area contributed by atoms with E-state index >= 15 is 0 Å². The molecule has 2 atom stereocenters. The van der Waals surface area contributed by atoms with Crippen molar-refractivity contribution in [2.24, 2.45) is 5.92 Å². The third-order valence-electron chi connectivity index (χ3n) is 5.57. The van der Waals surface area contributed by atoms with Gasteiger partial charge in [-0.05, 0) is 39.0 Å². The molecule has 0 spiro atoms. The highest BCUT2D eigenvalue weighted by molar-refractivity contribution is 5.79. The van der Waals surface area contributed by atoms with E-state index in [0.29, 0.717) is 11.7 Å². The molecule has 2 heterocycles. The maximum absolute atomic E-state index is 13.2. The molecule has 3 rings (SSSR count). The largest absolute Gasteiger partial charge is 0.337 e. The van der Waals surface area contributed by atoms with Crippen molar-refractivity contribution in [1.29, 1.82) is 0 Å². The fourth-order valence-electron chi connectivity index (χ4n) is 3.83. The smallest absolute Gasteiger partial charge is 0.249 e. The summed E-state index contributed by atoms with van der Waals surface area (Å²) in [7, 11) is 0. The molecule has 0 aliphatic carbocycles. The topological polar surface area (TPSA) is 59.2 Å². The normalized spacial score (nSPS) is 18.5. The number of carbonyl (C=O) groups excluding carboxylic acids is 1.